The van der Waals surface area contributed by atoms with Crippen LogP contribution in [0.5, 0.6) is 0 Å². The summed E-state index contributed by atoms with van der Waals surface area (Å²) in [6.07, 6.45) is 0. The number of fused-ring (bicyclic) bond motifs is 5. The SMILES string of the molecule is Cc1[c-]c2sc(-c3ccc4nc(-c5ccc(N=Nc6cc(N=Nc7cc(S(=O)(=O)[O-])cc8c(N=Nc9cc(N=Nc%10ccc(-c%11nc%12ccc(-c%13nc%14c(S(=O)(=O)O)cc(C)[c-]c%14s%13)cc%12s%11)cc%10)c(N)cc9N)cc(S(=O)(=O)[O-])cc78)c(N)cc6N)cc5)sc4c3)nc2c(S(=O)(=O)O)c1.[Na+].[Na+].[Na+].[Na+]. The molecule has 14 aromatic rings. The summed E-state index contributed by atoms with van der Waals surface area (Å²) in [5.41, 5.74) is 30.9. The van der Waals surface area contributed by atoms with Crippen molar-refractivity contribution in [1.82, 2.24) is 19.9 Å². The molecular formula is C64H40N16Na4O12S8. The van der Waals surface area contributed by atoms with E-state index in [9.17, 15) is 51.9 Å². The van der Waals surface area contributed by atoms with Crippen LogP contribution < -0.4 is 141 Å². The Morgan fingerprint density at radius 2 is 0.692 bits per heavy atom. The first-order chi connectivity index (χ1) is 47.4. The van der Waals surface area contributed by atoms with E-state index in [1.807, 2.05) is 36.4 Å². The summed E-state index contributed by atoms with van der Waals surface area (Å²) in [6.45, 7) is 3.35. The van der Waals surface area contributed by atoms with E-state index in [2.05, 4.69) is 63.0 Å². The average Bonchev–Trinajstić information content (AvgIpc) is 1.75. The van der Waals surface area contributed by atoms with Gasteiger partial charge in [0.2, 0.25) is 0 Å². The Kier molecular flexibility index (Phi) is 24.0. The standard InChI is InChI=1S/C64H42N16O12S8.4Na/c1-29-15-55-59(57(17-29)99(87,88)89)71-63(95-55)33-7-13-45-53(19-33)93-61(69-45)31-3-9-35(10-4-31)73-77-49-27-51(43(67)25-41(49)65)79-75-47-23-37(97(81,82)83)22-40-39(47)21-38(98(84,85)86)24-48(40)76-80-52-28-50(42(66)26-44(52)68)78-74-36-11-5-32(6-12-36)62-70-46-14-8-34(20-54(46)94-62)64-72-60-56(96-64)16-30(2)18-58(60)100(90,91)92;;;;/h3-14,17-28H,65-68H2,1-2H3,(H,81,82,83)(H,84,85,86)(H,87,88,89)(H,90,91,92);;;;/q-2;4*+1/p-2. The first kappa shape index (κ1) is 79.8. The minimum Gasteiger partial charge on any atom is -0.744 e. The van der Waals surface area contributed by atoms with Gasteiger partial charge < -0.3 is 42.0 Å². The molecule has 14 rings (SSSR count). The monoisotopic (exact) mass is 1570 g/mol. The number of azo groups is 4. The predicted molar refractivity (Wildman–Crippen MR) is 381 cm³/mol. The number of rotatable bonds is 16. The third-order valence-corrected chi connectivity index (χ3v) is 22.6. The molecule has 0 radical (unpaired) electrons. The molecule has 0 amide bonds. The van der Waals surface area contributed by atoms with Crippen LogP contribution in [-0.2, 0) is 40.5 Å². The van der Waals surface area contributed by atoms with Crippen molar-refractivity contribution in [2.24, 2.45) is 40.9 Å². The number of thiazole rings is 4. The second kappa shape index (κ2) is 31.2. The molecule has 0 atom stereocenters. The molecule has 0 saturated carbocycles. The van der Waals surface area contributed by atoms with Crippen molar-refractivity contribution >= 4 is 206 Å². The van der Waals surface area contributed by atoms with Gasteiger partial charge in [-0.25, -0.2) is 26.8 Å². The van der Waals surface area contributed by atoms with Crippen LogP contribution >= 0.6 is 45.3 Å². The molecule has 10 aromatic carbocycles. The second-order valence-electron chi connectivity index (χ2n) is 22.1. The van der Waals surface area contributed by atoms with Gasteiger partial charge in [-0.1, -0.05) is 23.2 Å². The van der Waals surface area contributed by atoms with E-state index in [0.29, 0.717) is 74.1 Å². The van der Waals surface area contributed by atoms with Gasteiger partial charge in [-0.2, -0.15) is 50.3 Å². The van der Waals surface area contributed by atoms with Crippen molar-refractivity contribution in [3.05, 3.63) is 169 Å². The fourth-order valence-corrected chi connectivity index (χ4v) is 17.0. The average molecular weight is 1570 g/mol. The summed E-state index contributed by atoms with van der Waals surface area (Å²) in [4.78, 5) is 16.4. The Labute approximate surface area is 695 Å². The first-order valence-electron chi connectivity index (χ1n) is 28.7. The van der Waals surface area contributed by atoms with E-state index in [0.717, 1.165) is 44.8 Å². The molecule has 0 aliphatic heterocycles. The van der Waals surface area contributed by atoms with Gasteiger partial charge in [-0.05, 0) is 144 Å². The van der Waals surface area contributed by atoms with Crippen molar-refractivity contribution in [3.8, 4) is 42.3 Å². The Morgan fingerprint density at radius 1 is 0.375 bits per heavy atom. The van der Waals surface area contributed by atoms with E-state index >= 15 is 0 Å². The minimum absolute atomic E-state index is 0. The van der Waals surface area contributed by atoms with E-state index in [1.54, 1.807) is 62.4 Å². The predicted octanol–water partition coefficient (Wildman–Crippen LogP) is 4.47. The molecule has 0 aliphatic rings. The molecule has 4 heterocycles. The van der Waals surface area contributed by atoms with Gasteiger partial charge in [0.05, 0.1) is 75.7 Å². The topological polar surface area (TPSA) is 478 Å². The number of anilines is 4. The van der Waals surface area contributed by atoms with Crippen LogP contribution in [0.1, 0.15) is 11.1 Å². The minimum atomic E-state index is -5.29. The van der Waals surface area contributed by atoms with Crippen molar-refractivity contribution in [3.63, 3.8) is 0 Å². The molecule has 0 bridgehead atoms. The molecule has 500 valence electrons. The molecule has 104 heavy (non-hydrogen) atoms. The summed E-state index contributed by atoms with van der Waals surface area (Å²) in [5.74, 6) is 0. The molecular weight excluding hydrogens is 1530 g/mol. The molecule has 10 N–H and O–H groups in total. The quantitative estimate of drug-likeness (QED) is 0.0255. The third-order valence-electron chi connectivity index (χ3n) is 15.1. The summed E-state index contributed by atoms with van der Waals surface area (Å²) in [5, 5.41) is 36.0. The molecule has 28 nitrogen and oxygen atoms in total. The number of nitrogens with zero attached hydrogens (tertiary/aromatic N) is 12. The molecule has 40 heteroatoms. The Hall–Kier alpha value is -6.74. The van der Waals surface area contributed by atoms with Crippen molar-refractivity contribution < 1.29 is 170 Å². The zero-order chi connectivity index (χ0) is 70.5. The van der Waals surface area contributed by atoms with Gasteiger partial charge in [0, 0.05) is 42.8 Å². The number of hydrogen-bond acceptors (Lipinski definition) is 30. The molecule has 0 fully saturated rings. The molecule has 4 aromatic heterocycles. The van der Waals surface area contributed by atoms with Gasteiger partial charge in [0.25, 0.3) is 20.2 Å². The largest absolute Gasteiger partial charge is 1.00 e. The van der Waals surface area contributed by atoms with Crippen molar-refractivity contribution in [2.75, 3.05) is 22.9 Å². The number of hydrogen-bond donors (Lipinski definition) is 6. The Morgan fingerprint density at radius 3 is 1.03 bits per heavy atom. The summed E-state index contributed by atoms with van der Waals surface area (Å²) in [7, 11) is -19.7. The number of nitrogen functional groups attached to an aromatic ring is 4. The van der Waals surface area contributed by atoms with Gasteiger partial charge >= 0.3 is 118 Å². The maximum atomic E-state index is 12.7. The molecule has 0 unspecified atom stereocenters. The van der Waals surface area contributed by atoms with Gasteiger partial charge in [-0.3, -0.25) is 9.11 Å². The van der Waals surface area contributed by atoms with Crippen LogP contribution in [0.2, 0.25) is 0 Å². The Bertz CT molecular complexity index is 6070. The number of benzene rings is 10. The van der Waals surface area contributed by atoms with Crippen LogP contribution in [0, 0.1) is 26.0 Å². The molecule has 0 aliphatic carbocycles. The third kappa shape index (κ3) is 17.0. The van der Waals surface area contributed by atoms with Gasteiger partial charge in [0.1, 0.15) is 63.0 Å². The zero-order valence-corrected chi connectivity index (χ0v) is 69.3. The van der Waals surface area contributed by atoms with E-state index in [4.69, 9.17) is 32.9 Å². The van der Waals surface area contributed by atoms with Gasteiger partial charge in [-0.15, -0.1) is 88.2 Å². The Balaban J connectivity index is 0.00000290. The normalized spacial score (nSPS) is 12.3. The summed E-state index contributed by atoms with van der Waals surface area (Å²) in [6, 6.07) is 42.5. The van der Waals surface area contributed by atoms with Crippen LogP contribution in [0.4, 0.5) is 68.2 Å². The first-order valence-corrected chi connectivity index (χ1v) is 37.6. The van der Waals surface area contributed by atoms with Crippen LogP contribution in [0.3, 0.4) is 0 Å². The van der Waals surface area contributed by atoms with Gasteiger partial charge in [0.15, 0.2) is 0 Å². The number of aromatic nitrogens is 4. The van der Waals surface area contributed by atoms with E-state index in [-0.39, 0.29) is 195 Å². The maximum Gasteiger partial charge on any atom is 1.00 e. The van der Waals surface area contributed by atoms with Crippen molar-refractivity contribution in [1.29, 1.82) is 0 Å². The fraction of sp³-hybridized carbons (Fsp3) is 0.0312. The molecule has 0 spiro atoms. The second-order valence-corrected chi connectivity index (χ2v) is 31.7. The molecule has 0 saturated heterocycles. The van der Waals surface area contributed by atoms with E-state index < -0.39 is 61.6 Å². The number of aryl methyl sites for hydroxylation is 2. The maximum absolute atomic E-state index is 12.7. The van der Waals surface area contributed by atoms with Crippen molar-refractivity contribution in [2.45, 2.75) is 33.4 Å². The van der Waals surface area contributed by atoms with Crippen LogP contribution in [0.15, 0.2) is 206 Å². The van der Waals surface area contributed by atoms with Crippen LogP contribution in [0.25, 0.3) is 93.9 Å². The summed E-state index contributed by atoms with van der Waals surface area (Å²) >= 11 is 5.30. The van der Waals surface area contributed by atoms with Crippen LogP contribution in [-0.4, -0.2) is 71.8 Å². The number of nitrogens with two attached hydrogens (primary N) is 4. The van der Waals surface area contributed by atoms with E-state index in [1.165, 1.54) is 81.7 Å². The zero-order valence-electron chi connectivity index (χ0n) is 54.8. The smallest absolute Gasteiger partial charge is 0.744 e. The fourth-order valence-electron chi connectivity index (χ4n) is 10.3. The summed E-state index contributed by atoms with van der Waals surface area (Å²) < 4.78 is 147.